The summed E-state index contributed by atoms with van der Waals surface area (Å²) in [7, 11) is 0. The third-order valence-electron chi connectivity index (χ3n) is 2.58. The lowest BCUT2D eigenvalue weighted by Gasteiger charge is -2.05. The van der Waals surface area contributed by atoms with Gasteiger partial charge in [0.1, 0.15) is 6.61 Å². The SMILES string of the molecule is O=C(OCc1ccc([N+](=O)[O-])cc1)c1cccc(Br)c1. The Kier molecular flexibility index (Phi) is 4.47. The molecule has 0 heterocycles. The zero-order valence-corrected chi connectivity index (χ0v) is 11.9. The summed E-state index contributed by atoms with van der Waals surface area (Å²) in [4.78, 5) is 21.8. The van der Waals surface area contributed by atoms with Gasteiger partial charge < -0.3 is 4.74 Å². The van der Waals surface area contributed by atoms with Crippen molar-refractivity contribution >= 4 is 27.6 Å². The Morgan fingerprint density at radius 1 is 1.20 bits per heavy atom. The topological polar surface area (TPSA) is 69.4 Å². The lowest BCUT2D eigenvalue weighted by atomic mass is 10.2. The van der Waals surface area contributed by atoms with Gasteiger partial charge in [-0.2, -0.15) is 0 Å². The van der Waals surface area contributed by atoms with Gasteiger partial charge >= 0.3 is 5.97 Å². The number of ether oxygens (including phenoxy) is 1. The van der Waals surface area contributed by atoms with Crippen LogP contribution in [0.15, 0.2) is 53.0 Å². The van der Waals surface area contributed by atoms with Crippen LogP contribution in [0.5, 0.6) is 0 Å². The van der Waals surface area contributed by atoms with Gasteiger partial charge in [-0.1, -0.05) is 22.0 Å². The van der Waals surface area contributed by atoms with Crippen LogP contribution in [-0.2, 0) is 11.3 Å². The summed E-state index contributed by atoms with van der Waals surface area (Å²) in [5.74, 6) is -0.440. The molecule has 0 aliphatic rings. The molecule has 20 heavy (non-hydrogen) atoms. The number of nitro benzene ring substituents is 1. The average molecular weight is 336 g/mol. The van der Waals surface area contributed by atoms with E-state index in [2.05, 4.69) is 15.9 Å². The molecule has 0 N–H and O–H groups in total. The van der Waals surface area contributed by atoms with Gasteiger partial charge in [0.25, 0.3) is 5.69 Å². The highest BCUT2D eigenvalue weighted by molar-refractivity contribution is 9.10. The molecule has 0 amide bonds. The number of hydrogen-bond acceptors (Lipinski definition) is 4. The van der Waals surface area contributed by atoms with Gasteiger partial charge in [-0.05, 0) is 35.9 Å². The Balaban J connectivity index is 1.98. The predicted molar refractivity (Wildman–Crippen MR) is 76.4 cm³/mol. The molecule has 0 aliphatic carbocycles. The highest BCUT2D eigenvalue weighted by atomic mass is 79.9. The van der Waals surface area contributed by atoms with Gasteiger partial charge in [0.05, 0.1) is 10.5 Å². The number of nitrogens with zero attached hydrogens (tertiary/aromatic N) is 1. The van der Waals surface area contributed by atoms with Gasteiger partial charge in [0, 0.05) is 16.6 Å². The van der Waals surface area contributed by atoms with Gasteiger partial charge in [0.15, 0.2) is 0 Å². The minimum atomic E-state index is -0.475. The molecule has 0 aromatic heterocycles. The molecule has 2 aromatic carbocycles. The molecule has 0 radical (unpaired) electrons. The number of esters is 1. The van der Waals surface area contributed by atoms with Crippen LogP contribution in [0.2, 0.25) is 0 Å². The fourth-order valence-electron chi connectivity index (χ4n) is 1.56. The minimum absolute atomic E-state index is 0.00654. The molecule has 0 bridgehead atoms. The molecule has 0 fully saturated rings. The molecule has 102 valence electrons. The molecular weight excluding hydrogens is 326 g/mol. The first-order valence-electron chi connectivity index (χ1n) is 5.72. The summed E-state index contributed by atoms with van der Waals surface area (Å²) in [5.41, 5.74) is 1.15. The van der Waals surface area contributed by atoms with E-state index < -0.39 is 10.9 Å². The number of hydrogen-bond donors (Lipinski definition) is 0. The number of halogens is 1. The molecule has 2 aromatic rings. The maximum Gasteiger partial charge on any atom is 0.338 e. The van der Waals surface area contributed by atoms with Crippen molar-refractivity contribution in [2.24, 2.45) is 0 Å². The molecule has 2 rings (SSSR count). The number of nitro groups is 1. The van der Waals surface area contributed by atoms with Crippen molar-refractivity contribution in [3.05, 3.63) is 74.2 Å². The average Bonchev–Trinajstić information content (AvgIpc) is 2.45. The maximum atomic E-state index is 11.8. The molecule has 0 atom stereocenters. The summed E-state index contributed by atoms with van der Waals surface area (Å²) in [5, 5.41) is 10.5. The fourth-order valence-corrected chi connectivity index (χ4v) is 1.96. The Hall–Kier alpha value is -2.21. The highest BCUT2D eigenvalue weighted by Gasteiger charge is 2.09. The van der Waals surface area contributed by atoms with Gasteiger partial charge in [0.2, 0.25) is 0 Å². The molecule has 6 heteroatoms. The first kappa shape index (κ1) is 14.2. The van der Waals surface area contributed by atoms with Crippen molar-refractivity contribution < 1.29 is 14.5 Å². The molecular formula is C14H10BrNO4. The molecule has 0 unspecified atom stereocenters. The van der Waals surface area contributed by atoms with Crippen LogP contribution in [0.1, 0.15) is 15.9 Å². The summed E-state index contributed by atoms with van der Waals surface area (Å²) in [6, 6.07) is 12.8. The quantitative estimate of drug-likeness (QED) is 0.485. The number of carbonyl (C=O) groups is 1. The lowest BCUT2D eigenvalue weighted by molar-refractivity contribution is -0.384. The van der Waals surface area contributed by atoms with Gasteiger partial charge in [-0.3, -0.25) is 10.1 Å². The zero-order valence-electron chi connectivity index (χ0n) is 10.3. The molecule has 0 saturated carbocycles. The van der Waals surface area contributed by atoms with E-state index in [1.165, 1.54) is 12.1 Å². The van der Waals surface area contributed by atoms with E-state index in [1.54, 1.807) is 30.3 Å². The Morgan fingerprint density at radius 2 is 1.90 bits per heavy atom. The van der Waals surface area contributed by atoms with E-state index in [4.69, 9.17) is 4.74 Å². The lowest BCUT2D eigenvalue weighted by Crippen LogP contribution is -2.05. The third kappa shape index (κ3) is 3.64. The maximum absolute atomic E-state index is 11.8. The molecule has 0 saturated heterocycles. The van der Waals surface area contributed by atoms with E-state index in [0.29, 0.717) is 11.1 Å². The number of non-ortho nitro benzene ring substituents is 1. The normalized spacial score (nSPS) is 10.1. The summed E-state index contributed by atoms with van der Waals surface area (Å²) in [6.45, 7) is 0.0728. The monoisotopic (exact) mass is 335 g/mol. The minimum Gasteiger partial charge on any atom is -0.457 e. The standard InChI is InChI=1S/C14H10BrNO4/c15-12-3-1-2-11(8-12)14(17)20-9-10-4-6-13(7-5-10)16(18)19/h1-8H,9H2. The summed E-state index contributed by atoms with van der Waals surface area (Å²) < 4.78 is 5.93. The van der Waals surface area contributed by atoms with E-state index >= 15 is 0 Å². The first-order valence-corrected chi connectivity index (χ1v) is 6.51. The predicted octanol–water partition coefficient (Wildman–Crippen LogP) is 3.71. The number of carbonyl (C=O) groups excluding carboxylic acids is 1. The van der Waals surface area contributed by atoms with Crippen LogP contribution in [0.25, 0.3) is 0 Å². The Labute approximate surface area is 123 Å². The fraction of sp³-hybridized carbons (Fsp3) is 0.0714. The summed E-state index contributed by atoms with van der Waals surface area (Å²) in [6.07, 6.45) is 0. The number of benzene rings is 2. The zero-order chi connectivity index (χ0) is 14.5. The van der Waals surface area contributed by atoms with Crippen LogP contribution in [-0.4, -0.2) is 10.9 Å². The van der Waals surface area contributed by atoms with Gasteiger partial charge in [-0.25, -0.2) is 4.79 Å². The Morgan fingerprint density at radius 3 is 2.50 bits per heavy atom. The first-order chi connectivity index (χ1) is 9.56. The van der Waals surface area contributed by atoms with Crippen molar-refractivity contribution in [3.63, 3.8) is 0 Å². The largest absolute Gasteiger partial charge is 0.457 e. The van der Waals surface area contributed by atoms with Crippen LogP contribution in [0.3, 0.4) is 0 Å². The highest BCUT2D eigenvalue weighted by Crippen LogP contribution is 2.15. The van der Waals surface area contributed by atoms with E-state index in [0.717, 1.165) is 4.47 Å². The second-order valence-corrected chi connectivity index (χ2v) is 4.93. The third-order valence-corrected chi connectivity index (χ3v) is 3.07. The molecule has 0 spiro atoms. The molecule has 0 aliphatic heterocycles. The Bertz CT molecular complexity index is 640. The van der Waals surface area contributed by atoms with Crippen molar-refractivity contribution in [2.45, 2.75) is 6.61 Å². The number of rotatable bonds is 4. The van der Waals surface area contributed by atoms with Crippen molar-refractivity contribution in [1.29, 1.82) is 0 Å². The van der Waals surface area contributed by atoms with Crippen molar-refractivity contribution in [3.8, 4) is 0 Å². The van der Waals surface area contributed by atoms with Gasteiger partial charge in [-0.15, -0.1) is 0 Å². The van der Waals surface area contributed by atoms with E-state index in [1.807, 2.05) is 6.07 Å². The van der Waals surface area contributed by atoms with Crippen LogP contribution in [0, 0.1) is 10.1 Å². The van der Waals surface area contributed by atoms with Crippen molar-refractivity contribution in [2.75, 3.05) is 0 Å². The second-order valence-electron chi connectivity index (χ2n) is 4.01. The van der Waals surface area contributed by atoms with Crippen molar-refractivity contribution in [1.82, 2.24) is 0 Å². The van der Waals surface area contributed by atoms with Crippen LogP contribution in [0.4, 0.5) is 5.69 Å². The van der Waals surface area contributed by atoms with Crippen LogP contribution < -0.4 is 0 Å². The second kappa shape index (κ2) is 6.29. The summed E-state index contributed by atoms with van der Waals surface area (Å²) >= 11 is 3.28. The smallest absolute Gasteiger partial charge is 0.338 e. The van der Waals surface area contributed by atoms with E-state index in [-0.39, 0.29) is 12.3 Å². The van der Waals surface area contributed by atoms with E-state index in [9.17, 15) is 14.9 Å². The van der Waals surface area contributed by atoms with Crippen LogP contribution >= 0.6 is 15.9 Å². The molecule has 5 nitrogen and oxygen atoms in total.